The Kier molecular flexibility index (Phi) is 13.1. The van der Waals surface area contributed by atoms with E-state index in [0.29, 0.717) is 44.9 Å². The van der Waals surface area contributed by atoms with Crippen LogP contribution in [0, 0.1) is 5.92 Å². The maximum absolute atomic E-state index is 13.2. The summed E-state index contributed by atoms with van der Waals surface area (Å²) in [5.41, 5.74) is 0.942. The summed E-state index contributed by atoms with van der Waals surface area (Å²) in [5, 5.41) is 5.50. The van der Waals surface area contributed by atoms with Gasteiger partial charge in [0.1, 0.15) is 24.7 Å². The lowest BCUT2D eigenvalue weighted by molar-refractivity contribution is -0.132. The van der Waals surface area contributed by atoms with Crippen molar-refractivity contribution in [2.45, 2.75) is 103 Å². The number of aldehydes is 1. The smallest absolute Gasteiger partial charge is 0.407 e. The summed E-state index contributed by atoms with van der Waals surface area (Å²) in [5.74, 6) is 0.607. The highest BCUT2D eigenvalue weighted by Gasteiger charge is 2.28. The van der Waals surface area contributed by atoms with Gasteiger partial charge < -0.3 is 29.8 Å². The maximum atomic E-state index is 13.2. The number of rotatable bonds is 14. The molecule has 0 saturated heterocycles. The average molecular weight is 544 g/mol. The number of amides is 3. The topological polar surface area (TPSA) is 114 Å². The van der Waals surface area contributed by atoms with Gasteiger partial charge in [0.2, 0.25) is 11.8 Å². The number of ether oxygens (including phenoxy) is 2. The number of carbonyl (C=O) groups excluding carboxylic acids is 4. The van der Waals surface area contributed by atoms with Gasteiger partial charge in [0, 0.05) is 18.5 Å². The van der Waals surface area contributed by atoms with E-state index >= 15 is 0 Å². The molecule has 3 rings (SSSR count). The van der Waals surface area contributed by atoms with E-state index in [0.717, 1.165) is 62.7 Å². The molecular formula is C30H45N3O6. The van der Waals surface area contributed by atoms with E-state index in [9.17, 15) is 19.2 Å². The number of unbranched alkanes of at least 4 members (excludes halogenated alkanes) is 3. The van der Waals surface area contributed by atoms with Gasteiger partial charge in [-0.3, -0.25) is 9.59 Å². The third kappa shape index (κ3) is 10.5. The minimum absolute atomic E-state index is 0.0973. The molecule has 39 heavy (non-hydrogen) atoms. The molecule has 1 saturated carbocycles. The van der Waals surface area contributed by atoms with Gasteiger partial charge in [-0.25, -0.2) is 4.79 Å². The van der Waals surface area contributed by atoms with E-state index in [2.05, 4.69) is 17.6 Å². The fraction of sp³-hybridized carbons (Fsp3) is 0.667. The van der Waals surface area contributed by atoms with Gasteiger partial charge in [0.05, 0.1) is 19.2 Å². The molecule has 0 unspecified atom stereocenters. The maximum Gasteiger partial charge on any atom is 0.407 e. The molecule has 1 aromatic carbocycles. The van der Waals surface area contributed by atoms with Crippen molar-refractivity contribution in [2.24, 2.45) is 5.92 Å². The average Bonchev–Trinajstić information content (AvgIpc) is 3.18. The van der Waals surface area contributed by atoms with Gasteiger partial charge in [-0.2, -0.15) is 0 Å². The molecule has 0 aromatic heterocycles. The Balaban J connectivity index is 1.52. The molecule has 1 aliphatic heterocycles. The third-order valence-corrected chi connectivity index (χ3v) is 7.60. The summed E-state index contributed by atoms with van der Waals surface area (Å²) in [6.07, 6.45) is 10.3. The zero-order chi connectivity index (χ0) is 27.9. The van der Waals surface area contributed by atoms with Gasteiger partial charge in [-0.15, -0.1) is 0 Å². The Hall–Kier alpha value is -3.10. The summed E-state index contributed by atoms with van der Waals surface area (Å²) in [4.78, 5) is 52.2. The van der Waals surface area contributed by atoms with Crippen LogP contribution in [0.4, 0.5) is 4.79 Å². The molecule has 0 radical (unpaired) electrons. The quantitative estimate of drug-likeness (QED) is 0.264. The van der Waals surface area contributed by atoms with E-state index in [1.807, 2.05) is 24.3 Å². The molecule has 2 N–H and O–H groups in total. The number of fused-ring (bicyclic) bond motifs is 1. The van der Waals surface area contributed by atoms with Crippen LogP contribution < -0.4 is 15.4 Å². The van der Waals surface area contributed by atoms with Crippen LogP contribution in [0.1, 0.15) is 89.5 Å². The first kappa shape index (κ1) is 30.4. The lowest BCUT2D eigenvalue weighted by Crippen LogP contribution is -2.51. The Morgan fingerprint density at radius 1 is 1.10 bits per heavy atom. The number of hydrogen-bond donors (Lipinski definition) is 2. The van der Waals surface area contributed by atoms with Gasteiger partial charge in [-0.05, 0) is 31.2 Å². The summed E-state index contributed by atoms with van der Waals surface area (Å²) in [6.45, 7) is 3.74. The molecule has 2 aliphatic rings. The van der Waals surface area contributed by atoms with E-state index in [-0.39, 0.29) is 18.7 Å². The molecule has 1 aliphatic carbocycles. The molecule has 3 amide bonds. The van der Waals surface area contributed by atoms with Gasteiger partial charge in [-0.1, -0.05) is 76.5 Å². The number of alkyl carbamates (subject to hydrolysis) is 1. The minimum atomic E-state index is -0.822. The van der Waals surface area contributed by atoms with Crippen LogP contribution in [-0.4, -0.2) is 60.9 Å². The van der Waals surface area contributed by atoms with Crippen LogP contribution in [0.3, 0.4) is 0 Å². The molecule has 9 nitrogen and oxygen atoms in total. The molecule has 1 heterocycles. The Labute approximate surface area is 232 Å². The zero-order valence-electron chi connectivity index (χ0n) is 23.3. The third-order valence-electron chi connectivity index (χ3n) is 7.60. The number of para-hydroxylation sites is 1. The number of nitrogens with zero attached hydrogens (tertiary/aromatic N) is 1. The van der Waals surface area contributed by atoms with Crippen molar-refractivity contribution in [3.8, 4) is 5.75 Å². The molecule has 0 bridgehead atoms. The lowest BCUT2D eigenvalue weighted by atomic mass is 9.84. The molecular weight excluding hydrogens is 498 g/mol. The molecule has 9 heteroatoms. The van der Waals surface area contributed by atoms with Gasteiger partial charge in [0.25, 0.3) is 0 Å². The standard InChI is InChI=1S/C30H45N3O6/c1-2-3-4-10-18-39-30(37)32-26(20-23-11-6-5-7-12-23)29(36)31-25(22-34)15-16-28(35)33-17-19-38-27-14-9-8-13-24(27)21-33/h8-9,13-14,22-23,25-26H,2-7,10-12,15-21H2,1H3,(H,31,36)(H,32,37)/t25-,26-/m0/s1. The summed E-state index contributed by atoms with van der Waals surface area (Å²) < 4.78 is 11.0. The van der Waals surface area contributed by atoms with Gasteiger partial charge >= 0.3 is 6.09 Å². The summed E-state index contributed by atoms with van der Waals surface area (Å²) >= 11 is 0. The molecule has 1 fully saturated rings. The van der Waals surface area contributed by atoms with Crippen molar-refractivity contribution in [1.29, 1.82) is 0 Å². The monoisotopic (exact) mass is 543 g/mol. The van der Waals surface area contributed by atoms with Crippen LogP contribution in [0.2, 0.25) is 0 Å². The minimum Gasteiger partial charge on any atom is -0.491 e. The lowest BCUT2D eigenvalue weighted by Gasteiger charge is -2.27. The van der Waals surface area contributed by atoms with E-state index < -0.39 is 24.1 Å². The van der Waals surface area contributed by atoms with Crippen molar-refractivity contribution in [1.82, 2.24) is 15.5 Å². The number of carbonyl (C=O) groups is 4. The van der Waals surface area contributed by atoms with E-state index in [4.69, 9.17) is 9.47 Å². The highest BCUT2D eigenvalue weighted by molar-refractivity contribution is 5.87. The zero-order valence-corrected chi connectivity index (χ0v) is 23.3. The summed E-state index contributed by atoms with van der Waals surface area (Å²) in [6, 6.07) is 6.03. The van der Waals surface area contributed by atoms with Crippen molar-refractivity contribution in [2.75, 3.05) is 19.8 Å². The van der Waals surface area contributed by atoms with E-state index in [1.165, 1.54) is 6.42 Å². The fourth-order valence-corrected chi connectivity index (χ4v) is 5.30. The largest absolute Gasteiger partial charge is 0.491 e. The van der Waals surface area contributed by atoms with Crippen LogP contribution in [0.25, 0.3) is 0 Å². The first-order valence-corrected chi connectivity index (χ1v) is 14.7. The predicted octanol–water partition coefficient (Wildman–Crippen LogP) is 4.52. The Bertz CT molecular complexity index is 933. The van der Waals surface area contributed by atoms with Crippen LogP contribution in [0.15, 0.2) is 24.3 Å². The second-order valence-electron chi connectivity index (χ2n) is 10.7. The van der Waals surface area contributed by atoms with Crippen molar-refractivity contribution in [3.05, 3.63) is 29.8 Å². The van der Waals surface area contributed by atoms with Crippen LogP contribution in [-0.2, 0) is 25.7 Å². The Morgan fingerprint density at radius 2 is 1.90 bits per heavy atom. The van der Waals surface area contributed by atoms with Crippen LogP contribution >= 0.6 is 0 Å². The fourth-order valence-electron chi connectivity index (χ4n) is 5.30. The molecule has 2 atom stereocenters. The Morgan fingerprint density at radius 3 is 2.67 bits per heavy atom. The van der Waals surface area contributed by atoms with Crippen LogP contribution in [0.5, 0.6) is 5.75 Å². The number of hydrogen-bond acceptors (Lipinski definition) is 6. The second kappa shape index (κ2) is 16.8. The SMILES string of the molecule is CCCCCCOC(=O)N[C@@H](CC1CCCCC1)C(=O)N[C@H](C=O)CCC(=O)N1CCOc2ccccc2C1. The number of benzene rings is 1. The van der Waals surface area contributed by atoms with E-state index in [1.54, 1.807) is 4.90 Å². The van der Waals surface area contributed by atoms with Crippen molar-refractivity contribution < 1.29 is 28.7 Å². The highest BCUT2D eigenvalue weighted by Crippen LogP contribution is 2.27. The first-order valence-electron chi connectivity index (χ1n) is 14.7. The number of nitrogens with one attached hydrogen (secondary N) is 2. The van der Waals surface area contributed by atoms with Gasteiger partial charge in [0.15, 0.2) is 0 Å². The first-order chi connectivity index (χ1) is 19.0. The highest BCUT2D eigenvalue weighted by atomic mass is 16.5. The van der Waals surface area contributed by atoms with Crippen molar-refractivity contribution in [3.63, 3.8) is 0 Å². The molecule has 1 aromatic rings. The molecule has 0 spiro atoms. The predicted molar refractivity (Wildman–Crippen MR) is 148 cm³/mol. The van der Waals surface area contributed by atoms with Crippen molar-refractivity contribution >= 4 is 24.2 Å². The summed E-state index contributed by atoms with van der Waals surface area (Å²) in [7, 11) is 0. The normalized spacial score (nSPS) is 17.1. The molecule has 216 valence electrons. The second-order valence-corrected chi connectivity index (χ2v) is 10.7.